The quantitative estimate of drug-likeness (QED) is 0.333. The molecule has 2 aromatic carbocycles. The highest BCUT2D eigenvalue weighted by atomic mass is 32.1. The zero-order valence-electron chi connectivity index (χ0n) is 17.5. The molecule has 0 fully saturated rings. The van der Waals surface area contributed by atoms with E-state index in [1.807, 2.05) is 56.3 Å². The second-order valence-corrected chi connectivity index (χ2v) is 8.54. The van der Waals surface area contributed by atoms with Crippen LogP contribution in [0.4, 0.5) is 0 Å². The van der Waals surface area contributed by atoms with Crippen molar-refractivity contribution in [3.63, 3.8) is 0 Å². The van der Waals surface area contributed by atoms with Crippen molar-refractivity contribution >= 4 is 23.2 Å². The number of ether oxygens (including phenoxy) is 2. The second-order valence-electron chi connectivity index (χ2n) is 7.08. The summed E-state index contributed by atoms with van der Waals surface area (Å²) in [5.74, 6) is 1.66. The van der Waals surface area contributed by atoms with Crippen molar-refractivity contribution in [3.8, 4) is 11.5 Å². The van der Waals surface area contributed by atoms with Crippen LogP contribution in [0, 0.1) is 27.7 Å². The lowest BCUT2D eigenvalue weighted by atomic mass is 10.1. The van der Waals surface area contributed by atoms with E-state index in [4.69, 9.17) is 9.47 Å². The normalized spacial score (nSPS) is 11.1. The van der Waals surface area contributed by atoms with Gasteiger partial charge in [-0.15, -0.1) is 11.3 Å². The van der Waals surface area contributed by atoms with Gasteiger partial charge in [0.15, 0.2) is 5.78 Å². The second kappa shape index (κ2) is 9.10. The van der Waals surface area contributed by atoms with Crippen molar-refractivity contribution in [2.75, 3.05) is 7.11 Å². The average molecular weight is 407 g/mol. The number of aryl methyl sites for hydroxylation is 3. The molecule has 4 heteroatoms. The Bertz CT molecular complexity index is 1060. The Morgan fingerprint density at radius 3 is 2.52 bits per heavy atom. The topological polar surface area (TPSA) is 35.5 Å². The van der Waals surface area contributed by atoms with Crippen LogP contribution in [-0.2, 0) is 6.61 Å². The average Bonchev–Trinajstić information content (AvgIpc) is 3.05. The molecule has 0 unspecified atom stereocenters. The van der Waals surface area contributed by atoms with Gasteiger partial charge in [0.05, 0.1) is 7.11 Å². The minimum Gasteiger partial charge on any atom is -0.496 e. The lowest BCUT2D eigenvalue weighted by Gasteiger charge is -2.13. The van der Waals surface area contributed by atoms with E-state index in [1.54, 1.807) is 24.5 Å². The summed E-state index contributed by atoms with van der Waals surface area (Å²) < 4.78 is 11.5. The van der Waals surface area contributed by atoms with E-state index < -0.39 is 0 Å². The van der Waals surface area contributed by atoms with Crippen molar-refractivity contribution < 1.29 is 14.3 Å². The molecule has 0 aliphatic heterocycles. The Kier molecular flexibility index (Phi) is 6.55. The van der Waals surface area contributed by atoms with E-state index in [0.29, 0.717) is 6.61 Å². The number of allylic oxidation sites excluding steroid dienone is 1. The van der Waals surface area contributed by atoms with Gasteiger partial charge in [0.2, 0.25) is 0 Å². The Balaban J connectivity index is 1.78. The first-order chi connectivity index (χ1) is 13.9. The first-order valence-corrected chi connectivity index (χ1v) is 10.4. The number of methoxy groups -OCH3 is 1. The number of thiophene rings is 1. The highest BCUT2D eigenvalue weighted by molar-refractivity contribution is 7.12. The van der Waals surface area contributed by atoms with E-state index in [1.165, 1.54) is 5.56 Å². The molecule has 0 atom stereocenters. The Morgan fingerprint density at radius 2 is 1.83 bits per heavy atom. The van der Waals surface area contributed by atoms with E-state index in [2.05, 4.69) is 19.9 Å². The van der Waals surface area contributed by atoms with Gasteiger partial charge < -0.3 is 9.47 Å². The molecular weight excluding hydrogens is 380 g/mol. The first-order valence-electron chi connectivity index (χ1n) is 9.54. The maximum atomic E-state index is 12.5. The van der Waals surface area contributed by atoms with E-state index in [0.717, 1.165) is 43.5 Å². The Labute approximate surface area is 176 Å². The van der Waals surface area contributed by atoms with Crippen LogP contribution >= 0.6 is 11.3 Å². The number of benzene rings is 2. The maximum absolute atomic E-state index is 12.5. The van der Waals surface area contributed by atoms with Crippen LogP contribution in [0.15, 0.2) is 48.5 Å². The van der Waals surface area contributed by atoms with Gasteiger partial charge in [-0.2, -0.15) is 0 Å². The van der Waals surface area contributed by atoms with Crippen LogP contribution in [0.25, 0.3) is 6.08 Å². The van der Waals surface area contributed by atoms with Gasteiger partial charge in [-0.05, 0) is 74.7 Å². The maximum Gasteiger partial charge on any atom is 0.186 e. The van der Waals surface area contributed by atoms with E-state index in [9.17, 15) is 4.79 Å². The van der Waals surface area contributed by atoms with Crippen molar-refractivity contribution in [2.24, 2.45) is 0 Å². The molecule has 3 aromatic rings. The molecular formula is C25H26O3S. The third-order valence-corrected chi connectivity index (χ3v) is 5.94. The molecule has 0 amide bonds. The predicted octanol–water partition coefficient (Wildman–Crippen LogP) is 6.47. The highest BCUT2D eigenvalue weighted by Gasteiger charge is 2.10. The molecule has 0 bridgehead atoms. The predicted molar refractivity (Wildman–Crippen MR) is 120 cm³/mol. The molecule has 3 nitrogen and oxygen atoms in total. The fourth-order valence-electron chi connectivity index (χ4n) is 3.19. The van der Waals surface area contributed by atoms with Crippen molar-refractivity contribution in [2.45, 2.75) is 34.3 Å². The number of carbonyl (C=O) groups is 1. The summed E-state index contributed by atoms with van der Waals surface area (Å²) in [6, 6.07) is 13.8. The Morgan fingerprint density at radius 1 is 1.03 bits per heavy atom. The summed E-state index contributed by atoms with van der Waals surface area (Å²) in [6.45, 7) is 8.52. The summed E-state index contributed by atoms with van der Waals surface area (Å²) >= 11 is 1.65. The van der Waals surface area contributed by atoms with Gasteiger partial charge in [-0.25, -0.2) is 0 Å². The number of ketones is 1. The zero-order chi connectivity index (χ0) is 21.0. The summed E-state index contributed by atoms with van der Waals surface area (Å²) in [5, 5.41) is 0. The fourth-order valence-corrected chi connectivity index (χ4v) is 4.12. The molecule has 0 saturated heterocycles. The van der Waals surface area contributed by atoms with Crippen molar-refractivity contribution in [1.29, 1.82) is 0 Å². The van der Waals surface area contributed by atoms with Gasteiger partial charge in [0, 0.05) is 20.9 Å². The van der Waals surface area contributed by atoms with Gasteiger partial charge in [-0.1, -0.05) is 24.3 Å². The SMILES string of the molecule is COc1ccc(/C=C/C(=O)c2cc(C)sc2C)cc1COc1cccc(C)c1C. The van der Waals surface area contributed by atoms with Gasteiger partial charge in [0.25, 0.3) is 0 Å². The van der Waals surface area contributed by atoms with E-state index in [-0.39, 0.29) is 5.78 Å². The van der Waals surface area contributed by atoms with Crippen LogP contribution < -0.4 is 9.47 Å². The minimum atomic E-state index is 0.0239. The molecule has 1 aromatic heterocycles. The van der Waals surface area contributed by atoms with Crippen molar-refractivity contribution in [3.05, 3.63) is 86.1 Å². The lowest BCUT2D eigenvalue weighted by molar-refractivity contribution is 0.104. The van der Waals surface area contributed by atoms with E-state index >= 15 is 0 Å². The highest BCUT2D eigenvalue weighted by Crippen LogP contribution is 2.26. The molecule has 0 spiro atoms. The van der Waals surface area contributed by atoms with Crippen LogP contribution in [0.5, 0.6) is 11.5 Å². The Hall–Kier alpha value is -2.85. The standard InChI is InChI=1S/C25H26O3S/c1-16-7-6-8-24(18(16)3)28-15-21-14-20(10-12-25(21)27-5)9-11-23(26)22-13-17(2)29-19(22)4/h6-14H,15H2,1-5H3/b11-9+. The van der Waals surface area contributed by atoms with Crippen LogP contribution in [0.2, 0.25) is 0 Å². The largest absolute Gasteiger partial charge is 0.496 e. The molecule has 0 N–H and O–H groups in total. The third kappa shape index (κ3) is 4.96. The molecule has 0 saturated carbocycles. The van der Waals surface area contributed by atoms with Gasteiger partial charge in [0.1, 0.15) is 18.1 Å². The molecule has 3 rings (SSSR count). The molecule has 0 radical (unpaired) electrons. The molecule has 0 aliphatic carbocycles. The van der Waals surface area contributed by atoms with Gasteiger partial charge in [-0.3, -0.25) is 4.79 Å². The first kappa shape index (κ1) is 20.9. The number of carbonyl (C=O) groups excluding carboxylic acids is 1. The third-order valence-electron chi connectivity index (χ3n) is 4.98. The van der Waals surface area contributed by atoms with Crippen LogP contribution in [0.1, 0.15) is 42.4 Å². The number of hydrogen-bond donors (Lipinski definition) is 0. The van der Waals surface area contributed by atoms with Gasteiger partial charge >= 0.3 is 0 Å². The minimum absolute atomic E-state index is 0.0239. The summed E-state index contributed by atoms with van der Waals surface area (Å²) in [5.41, 5.74) is 4.97. The smallest absolute Gasteiger partial charge is 0.186 e. The van der Waals surface area contributed by atoms with Crippen molar-refractivity contribution in [1.82, 2.24) is 0 Å². The lowest BCUT2D eigenvalue weighted by Crippen LogP contribution is -2.01. The number of rotatable bonds is 7. The monoisotopic (exact) mass is 406 g/mol. The number of hydrogen-bond acceptors (Lipinski definition) is 4. The zero-order valence-corrected chi connectivity index (χ0v) is 18.4. The fraction of sp³-hybridized carbons (Fsp3) is 0.240. The molecule has 1 heterocycles. The summed E-state index contributed by atoms with van der Waals surface area (Å²) in [7, 11) is 1.65. The molecule has 0 aliphatic rings. The molecule has 150 valence electrons. The summed E-state index contributed by atoms with van der Waals surface area (Å²) in [4.78, 5) is 14.7. The molecule has 29 heavy (non-hydrogen) atoms. The summed E-state index contributed by atoms with van der Waals surface area (Å²) in [6.07, 6.45) is 3.47. The van der Waals surface area contributed by atoms with Crippen LogP contribution in [0.3, 0.4) is 0 Å². The van der Waals surface area contributed by atoms with Crippen LogP contribution in [-0.4, -0.2) is 12.9 Å².